The molecule has 2 N–H and O–H groups in total. The van der Waals surface area contributed by atoms with Crippen LogP contribution >= 0.6 is 0 Å². The van der Waals surface area contributed by atoms with Crippen molar-refractivity contribution in [3.8, 4) is 0 Å². The van der Waals surface area contributed by atoms with E-state index in [0.717, 1.165) is 6.54 Å². The van der Waals surface area contributed by atoms with Crippen molar-refractivity contribution in [2.75, 3.05) is 13.2 Å². The summed E-state index contributed by atoms with van der Waals surface area (Å²) in [5, 5.41) is 13.0. The summed E-state index contributed by atoms with van der Waals surface area (Å²) >= 11 is 0. The van der Waals surface area contributed by atoms with Gasteiger partial charge in [-0.05, 0) is 44.4 Å². The molecule has 3 atom stereocenters. The van der Waals surface area contributed by atoms with Crippen LogP contribution in [0.3, 0.4) is 0 Å². The summed E-state index contributed by atoms with van der Waals surface area (Å²) in [6.45, 7) is 1.33. The van der Waals surface area contributed by atoms with E-state index in [1.165, 1.54) is 64.2 Å². The molecule has 0 aromatic rings. The van der Waals surface area contributed by atoms with Crippen LogP contribution in [0.1, 0.15) is 64.2 Å². The van der Waals surface area contributed by atoms with Crippen molar-refractivity contribution in [2.45, 2.75) is 82.0 Å². The second-order valence-corrected chi connectivity index (χ2v) is 6.91. The molecule has 2 saturated carbocycles. The number of hydrogen-bond donors (Lipinski definition) is 2. The molecule has 0 radical (unpaired) electrons. The van der Waals surface area contributed by atoms with E-state index in [1.807, 2.05) is 0 Å². The third kappa shape index (κ3) is 3.14. The first-order chi connectivity index (χ1) is 9.31. The molecule has 3 nitrogen and oxygen atoms in total. The predicted octanol–water partition coefficient (Wildman–Crippen LogP) is 2.62. The van der Waals surface area contributed by atoms with Gasteiger partial charge in [-0.15, -0.1) is 0 Å². The number of hydrogen-bond acceptors (Lipinski definition) is 3. The van der Waals surface area contributed by atoms with Crippen molar-refractivity contribution < 1.29 is 9.84 Å². The van der Waals surface area contributed by atoms with Gasteiger partial charge in [-0.25, -0.2) is 0 Å². The zero-order valence-electron chi connectivity index (χ0n) is 12.1. The molecule has 0 aromatic heterocycles. The van der Waals surface area contributed by atoms with Crippen LogP contribution in [0.15, 0.2) is 0 Å². The van der Waals surface area contributed by atoms with Gasteiger partial charge < -0.3 is 15.2 Å². The Hall–Kier alpha value is -0.120. The van der Waals surface area contributed by atoms with E-state index < -0.39 is 0 Å². The van der Waals surface area contributed by atoms with E-state index in [9.17, 15) is 5.11 Å². The summed E-state index contributed by atoms with van der Waals surface area (Å²) < 4.78 is 6.39. The Labute approximate surface area is 117 Å². The smallest absolute Gasteiger partial charge is 0.0708 e. The molecule has 0 aromatic carbocycles. The van der Waals surface area contributed by atoms with E-state index in [-0.39, 0.29) is 5.60 Å². The molecule has 110 valence electrons. The van der Waals surface area contributed by atoms with Crippen LogP contribution in [0.25, 0.3) is 0 Å². The van der Waals surface area contributed by atoms with Crippen LogP contribution < -0.4 is 5.32 Å². The van der Waals surface area contributed by atoms with Crippen LogP contribution in [0.2, 0.25) is 0 Å². The maximum absolute atomic E-state index is 9.36. The monoisotopic (exact) mass is 267 g/mol. The fraction of sp³-hybridized carbons (Fsp3) is 1.00. The quantitative estimate of drug-likeness (QED) is 0.823. The summed E-state index contributed by atoms with van der Waals surface area (Å²) in [7, 11) is 0. The average molecular weight is 267 g/mol. The first-order valence-electron chi connectivity index (χ1n) is 8.33. The van der Waals surface area contributed by atoms with Gasteiger partial charge in [0, 0.05) is 19.2 Å². The van der Waals surface area contributed by atoms with Gasteiger partial charge in [0.15, 0.2) is 0 Å². The van der Waals surface area contributed by atoms with Crippen LogP contribution in [0, 0.1) is 5.92 Å². The Morgan fingerprint density at radius 1 is 1.00 bits per heavy atom. The van der Waals surface area contributed by atoms with Crippen molar-refractivity contribution in [2.24, 2.45) is 5.92 Å². The van der Waals surface area contributed by atoms with Crippen LogP contribution in [0.5, 0.6) is 0 Å². The molecular formula is C16H29NO2. The fourth-order valence-electron chi connectivity index (χ4n) is 4.41. The van der Waals surface area contributed by atoms with Gasteiger partial charge in [0.25, 0.3) is 0 Å². The molecule has 3 rings (SSSR count). The van der Waals surface area contributed by atoms with Gasteiger partial charge in [-0.1, -0.05) is 25.7 Å². The molecule has 0 amide bonds. The van der Waals surface area contributed by atoms with E-state index in [1.54, 1.807) is 0 Å². The Kier molecular flexibility index (Phi) is 4.45. The van der Waals surface area contributed by atoms with Crippen molar-refractivity contribution in [1.29, 1.82) is 0 Å². The third-order valence-electron chi connectivity index (χ3n) is 5.60. The van der Waals surface area contributed by atoms with Crippen LogP contribution in [0.4, 0.5) is 0 Å². The predicted molar refractivity (Wildman–Crippen MR) is 76.1 cm³/mol. The summed E-state index contributed by atoms with van der Waals surface area (Å²) in [4.78, 5) is 0. The Morgan fingerprint density at radius 3 is 2.63 bits per heavy atom. The van der Waals surface area contributed by atoms with Gasteiger partial charge in [-0.3, -0.25) is 0 Å². The van der Waals surface area contributed by atoms with Gasteiger partial charge in [0.05, 0.1) is 11.7 Å². The fourth-order valence-corrected chi connectivity index (χ4v) is 4.41. The van der Waals surface area contributed by atoms with Crippen molar-refractivity contribution >= 4 is 0 Å². The first-order valence-corrected chi connectivity index (χ1v) is 8.33. The Balaban J connectivity index is 1.44. The van der Waals surface area contributed by atoms with Gasteiger partial charge in [0.2, 0.25) is 0 Å². The lowest BCUT2D eigenvalue weighted by Gasteiger charge is -2.33. The normalized spacial score (nSPS) is 38.1. The summed E-state index contributed by atoms with van der Waals surface area (Å²) in [6, 6.07) is 0.525. The minimum atomic E-state index is 0.247. The van der Waals surface area contributed by atoms with Crippen LogP contribution in [-0.4, -0.2) is 36.0 Å². The van der Waals surface area contributed by atoms with E-state index in [4.69, 9.17) is 4.74 Å². The minimum Gasteiger partial charge on any atom is -0.396 e. The van der Waals surface area contributed by atoms with Crippen molar-refractivity contribution in [3.63, 3.8) is 0 Å². The summed E-state index contributed by atoms with van der Waals surface area (Å²) in [6.07, 6.45) is 13.3. The molecule has 3 unspecified atom stereocenters. The molecule has 3 heteroatoms. The molecule has 19 heavy (non-hydrogen) atoms. The molecule has 3 aliphatic rings. The summed E-state index contributed by atoms with van der Waals surface area (Å²) in [5.41, 5.74) is 0.247. The van der Waals surface area contributed by atoms with Gasteiger partial charge in [-0.2, -0.15) is 0 Å². The number of aliphatic hydroxyl groups is 1. The maximum Gasteiger partial charge on any atom is 0.0708 e. The Morgan fingerprint density at radius 2 is 1.84 bits per heavy atom. The highest BCUT2D eigenvalue weighted by atomic mass is 16.5. The molecule has 1 heterocycles. The number of aliphatic hydroxyl groups excluding tert-OH is 1. The lowest BCUT2D eigenvalue weighted by atomic mass is 9.83. The number of ether oxygens (including phenoxy) is 1. The van der Waals surface area contributed by atoms with Gasteiger partial charge >= 0.3 is 0 Å². The molecule has 2 aliphatic carbocycles. The molecule has 1 aliphatic heterocycles. The number of nitrogens with one attached hydrogen (secondary N) is 1. The van der Waals surface area contributed by atoms with Crippen LogP contribution in [-0.2, 0) is 4.74 Å². The molecule has 0 bridgehead atoms. The van der Waals surface area contributed by atoms with E-state index in [2.05, 4.69) is 5.32 Å². The molecule has 1 saturated heterocycles. The lowest BCUT2D eigenvalue weighted by molar-refractivity contribution is -0.0633. The Bertz CT molecular complexity index is 288. The van der Waals surface area contributed by atoms with Crippen molar-refractivity contribution in [3.05, 3.63) is 0 Å². The molecule has 1 spiro atoms. The topological polar surface area (TPSA) is 41.5 Å². The van der Waals surface area contributed by atoms with Gasteiger partial charge in [0.1, 0.15) is 0 Å². The molecule has 3 fully saturated rings. The highest BCUT2D eigenvalue weighted by molar-refractivity contribution is 4.92. The third-order valence-corrected chi connectivity index (χ3v) is 5.60. The first kappa shape index (κ1) is 13.8. The minimum absolute atomic E-state index is 0.247. The van der Waals surface area contributed by atoms with E-state index >= 15 is 0 Å². The lowest BCUT2D eigenvalue weighted by Crippen LogP contribution is -2.40. The van der Waals surface area contributed by atoms with E-state index in [0.29, 0.717) is 24.7 Å². The largest absolute Gasteiger partial charge is 0.396 e. The SMILES string of the molecule is OCC1CCCC1NCC1CCC2(CCCCC2)O1. The number of rotatable bonds is 4. The summed E-state index contributed by atoms with van der Waals surface area (Å²) in [5.74, 6) is 0.477. The highest BCUT2D eigenvalue weighted by Gasteiger charge is 2.40. The zero-order chi connectivity index (χ0) is 13.1. The second-order valence-electron chi connectivity index (χ2n) is 6.91. The van der Waals surface area contributed by atoms with Crippen molar-refractivity contribution in [1.82, 2.24) is 5.32 Å². The maximum atomic E-state index is 9.36. The molecular weight excluding hydrogens is 238 g/mol. The second kappa shape index (κ2) is 6.11. The highest BCUT2D eigenvalue weighted by Crippen LogP contribution is 2.41. The average Bonchev–Trinajstić information content (AvgIpc) is 3.04. The zero-order valence-corrected chi connectivity index (χ0v) is 12.1. The standard InChI is InChI=1S/C16H29NO2/c18-12-13-5-4-6-15(13)17-11-14-7-10-16(19-14)8-2-1-3-9-16/h13-15,17-18H,1-12H2.